The summed E-state index contributed by atoms with van der Waals surface area (Å²) in [7, 11) is 1.63. The number of benzene rings is 2. The Labute approximate surface area is 197 Å². The molecule has 0 bridgehead atoms. The van der Waals surface area contributed by atoms with Gasteiger partial charge in [0.25, 0.3) is 0 Å². The van der Waals surface area contributed by atoms with Crippen LogP contribution in [0.4, 0.5) is 0 Å². The van der Waals surface area contributed by atoms with Gasteiger partial charge in [-0.1, -0.05) is 29.8 Å². The first-order chi connectivity index (χ1) is 16.5. The van der Waals surface area contributed by atoms with E-state index in [1.165, 1.54) is 11.1 Å². The molecule has 0 atom stereocenters. The maximum atomic E-state index is 12.4. The summed E-state index contributed by atoms with van der Waals surface area (Å²) >= 11 is 0. The lowest BCUT2D eigenvalue weighted by atomic mass is 10.0. The number of carbonyl (C=O) groups is 1. The number of aromatic nitrogens is 5. The van der Waals surface area contributed by atoms with Crippen molar-refractivity contribution in [2.75, 3.05) is 7.11 Å². The molecule has 1 amide bonds. The monoisotopic (exact) mass is 454 g/mol. The first kappa shape index (κ1) is 21.6. The van der Waals surface area contributed by atoms with Crippen LogP contribution in [-0.2, 0) is 17.8 Å². The molecule has 34 heavy (non-hydrogen) atoms. The molecule has 3 heterocycles. The van der Waals surface area contributed by atoms with Crippen LogP contribution in [0.25, 0.3) is 22.4 Å². The van der Waals surface area contributed by atoms with Crippen LogP contribution >= 0.6 is 0 Å². The van der Waals surface area contributed by atoms with E-state index >= 15 is 0 Å². The highest BCUT2D eigenvalue weighted by atomic mass is 16.5. The van der Waals surface area contributed by atoms with E-state index in [0.29, 0.717) is 19.4 Å². The number of hydrogen-bond donors (Lipinski definition) is 1. The van der Waals surface area contributed by atoms with Gasteiger partial charge >= 0.3 is 0 Å². The van der Waals surface area contributed by atoms with E-state index in [2.05, 4.69) is 47.6 Å². The van der Waals surface area contributed by atoms with Crippen molar-refractivity contribution in [2.45, 2.75) is 33.2 Å². The zero-order valence-electron chi connectivity index (χ0n) is 19.4. The zero-order chi connectivity index (χ0) is 23.7. The molecular formula is C26H26N6O2. The number of fused-ring (bicyclic) bond motifs is 3. The highest BCUT2D eigenvalue weighted by molar-refractivity contribution is 5.78. The van der Waals surface area contributed by atoms with E-state index in [0.717, 1.165) is 39.6 Å². The molecule has 172 valence electrons. The average molecular weight is 455 g/mol. The van der Waals surface area contributed by atoms with Crippen molar-refractivity contribution in [3.63, 3.8) is 0 Å². The molecule has 0 spiro atoms. The Morgan fingerprint density at radius 2 is 1.94 bits per heavy atom. The molecule has 3 aromatic heterocycles. The van der Waals surface area contributed by atoms with E-state index < -0.39 is 0 Å². The van der Waals surface area contributed by atoms with Gasteiger partial charge in [-0.15, -0.1) is 10.2 Å². The second-order valence-corrected chi connectivity index (χ2v) is 8.41. The Morgan fingerprint density at radius 1 is 1.06 bits per heavy atom. The third-order valence-electron chi connectivity index (χ3n) is 5.96. The third kappa shape index (κ3) is 4.22. The van der Waals surface area contributed by atoms with E-state index in [9.17, 15) is 4.79 Å². The minimum atomic E-state index is -0.0396. The summed E-state index contributed by atoms with van der Waals surface area (Å²) in [5, 5.41) is 16.4. The van der Waals surface area contributed by atoms with Crippen LogP contribution in [0.15, 0.2) is 60.9 Å². The molecule has 0 saturated heterocycles. The SMILES string of the molecule is COc1cccc(CNC(=O)CCc2nnc3c4cc(-c5cc(C)ccc5C)nn4ccn23)c1. The Morgan fingerprint density at radius 3 is 2.79 bits per heavy atom. The van der Waals surface area contributed by atoms with E-state index in [1.54, 1.807) is 7.11 Å². The second-order valence-electron chi connectivity index (χ2n) is 8.41. The summed E-state index contributed by atoms with van der Waals surface area (Å²) < 4.78 is 8.99. The normalized spacial score (nSPS) is 11.3. The van der Waals surface area contributed by atoms with Crippen LogP contribution in [0, 0.1) is 13.8 Å². The zero-order valence-corrected chi connectivity index (χ0v) is 19.4. The summed E-state index contributed by atoms with van der Waals surface area (Å²) in [6, 6.07) is 16.1. The van der Waals surface area contributed by atoms with Crippen LogP contribution in [0.1, 0.15) is 28.9 Å². The van der Waals surface area contributed by atoms with Crippen LogP contribution in [-0.4, -0.2) is 37.2 Å². The van der Waals surface area contributed by atoms with Gasteiger partial charge in [0.2, 0.25) is 5.91 Å². The highest BCUT2D eigenvalue weighted by Gasteiger charge is 2.14. The van der Waals surface area contributed by atoms with Crippen LogP contribution in [0.2, 0.25) is 0 Å². The summed E-state index contributed by atoms with van der Waals surface area (Å²) in [6.07, 6.45) is 4.60. The van der Waals surface area contributed by atoms with Crippen LogP contribution in [0.3, 0.4) is 0 Å². The molecule has 0 saturated carbocycles. The fraction of sp³-hybridized carbons (Fsp3) is 0.231. The molecule has 0 aliphatic heterocycles. The van der Waals surface area contributed by atoms with Crippen molar-refractivity contribution < 1.29 is 9.53 Å². The van der Waals surface area contributed by atoms with Crippen molar-refractivity contribution in [1.29, 1.82) is 0 Å². The molecule has 0 radical (unpaired) electrons. The second kappa shape index (κ2) is 8.97. The number of hydrogen-bond acceptors (Lipinski definition) is 5. The molecular weight excluding hydrogens is 428 g/mol. The van der Waals surface area contributed by atoms with Gasteiger partial charge in [-0.3, -0.25) is 9.20 Å². The molecule has 8 nitrogen and oxygen atoms in total. The van der Waals surface area contributed by atoms with Gasteiger partial charge < -0.3 is 10.1 Å². The predicted octanol–water partition coefficient (Wildman–Crippen LogP) is 3.92. The van der Waals surface area contributed by atoms with E-state index in [1.807, 2.05) is 51.6 Å². The number of rotatable bonds is 7. The Kier molecular flexibility index (Phi) is 5.71. The third-order valence-corrected chi connectivity index (χ3v) is 5.96. The van der Waals surface area contributed by atoms with Crippen LogP contribution < -0.4 is 10.1 Å². The fourth-order valence-corrected chi connectivity index (χ4v) is 4.07. The van der Waals surface area contributed by atoms with Gasteiger partial charge in [0, 0.05) is 37.3 Å². The van der Waals surface area contributed by atoms with Crippen molar-refractivity contribution in [1.82, 2.24) is 29.5 Å². The Hall–Kier alpha value is -4.20. The fourth-order valence-electron chi connectivity index (χ4n) is 4.07. The highest BCUT2D eigenvalue weighted by Crippen LogP contribution is 2.26. The van der Waals surface area contributed by atoms with Gasteiger partial charge in [-0.05, 0) is 49.2 Å². The van der Waals surface area contributed by atoms with Gasteiger partial charge in [-0.2, -0.15) is 5.10 Å². The quantitative estimate of drug-likeness (QED) is 0.403. The summed E-state index contributed by atoms with van der Waals surface area (Å²) in [6.45, 7) is 4.62. The summed E-state index contributed by atoms with van der Waals surface area (Å²) in [4.78, 5) is 12.4. The molecule has 5 aromatic rings. The number of carbonyl (C=O) groups excluding carboxylic acids is 1. The van der Waals surface area contributed by atoms with Gasteiger partial charge in [-0.25, -0.2) is 4.52 Å². The van der Waals surface area contributed by atoms with Gasteiger partial charge in [0.05, 0.1) is 12.8 Å². The summed E-state index contributed by atoms with van der Waals surface area (Å²) in [5.41, 5.74) is 6.95. The number of ether oxygens (including phenoxy) is 1. The first-order valence-electron chi connectivity index (χ1n) is 11.2. The molecule has 8 heteroatoms. The lowest BCUT2D eigenvalue weighted by Crippen LogP contribution is -2.23. The molecule has 0 aliphatic carbocycles. The lowest BCUT2D eigenvalue weighted by Gasteiger charge is -2.07. The molecule has 0 fully saturated rings. The van der Waals surface area contributed by atoms with Crippen molar-refractivity contribution in [3.8, 4) is 17.0 Å². The Bertz CT molecular complexity index is 1500. The minimum Gasteiger partial charge on any atom is -0.497 e. The molecule has 5 rings (SSSR count). The van der Waals surface area contributed by atoms with Crippen molar-refractivity contribution in [3.05, 3.63) is 83.4 Å². The van der Waals surface area contributed by atoms with Crippen molar-refractivity contribution in [2.24, 2.45) is 0 Å². The number of aryl methyl sites for hydroxylation is 3. The van der Waals surface area contributed by atoms with E-state index in [-0.39, 0.29) is 5.91 Å². The lowest BCUT2D eigenvalue weighted by molar-refractivity contribution is -0.121. The van der Waals surface area contributed by atoms with E-state index in [4.69, 9.17) is 9.84 Å². The van der Waals surface area contributed by atoms with Gasteiger partial charge in [0.1, 0.15) is 17.1 Å². The standard InChI is InChI=1S/C26H26N6O2/c1-17-7-8-18(2)21(13-17)22-15-23-26-29-28-24(31(26)11-12-32(23)30-22)9-10-25(33)27-16-19-5-4-6-20(14-19)34-3/h4-8,11-15H,9-10,16H2,1-3H3,(H,27,33). The largest absolute Gasteiger partial charge is 0.497 e. The maximum Gasteiger partial charge on any atom is 0.220 e. The molecule has 0 aliphatic rings. The number of nitrogens with zero attached hydrogens (tertiary/aromatic N) is 5. The molecule has 2 aromatic carbocycles. The smallest absolute Gasteiger partial charge is 0.220 e. The van der Waals surface area contributed by atoms with Crippen LogP contribution in [0.5, 0.6) is 5.75 Å². The number of nitrogens with one attached hydrogen (secondary N) is 1. The van der Waals surface area contributed by atoms with Crippen molar-refractivity contribution >= 4 is 17.1 Å². The van der Waals surface area contributed by atoms with Gasteiger partial charge in [0.15, 0.2) is 5.65 Å². The average Bonchev–Trinajstić information content (AvgIpc) is 3.47. The maximum absolute atomic E-state index is 12.4. The topological polar surface area (TPSA) is 85.8 Å². The number of amides is 1. The molecule has 0 unspecified atom stereocenters. The first-order valence-corrected chi connectivity index (χ1v) is 11.2. The Balaban J connectivity index is 1.31. The summed E-state index contributed by atoms with van der Waals surface area (Å²) in [5.74, 6) is 1.47. The molecule has 1 N–H and O–H groups in total. The minimum absolute atomic E-state index is 0.0396. The number of methoxy groups -OCH3 is 1. The predicted molar refractivity (Wildman–Crippen MR) is 130 cm³/mol.